The van der Waals surface area contributed by atoms with Gasteiger partial charge in [0.05, 0.1) is 30.2 Å². The highest BCUT2D eigenvalue weighted by molar-refractivity contribution is 6.31. The molecular formula is C20H24ClN3O2. The molecule has 0 bridgehead atoms. The highest BCUT2D eigenvalue weighted by Crippen LogP contribution is 2.33. The number of aromatic nitrogens is 1. The molecule has 1 amide bonds. The van der Waals surface area contributed by atoms with Gasteiger partial charge >= 0.3 is 0 Å². The Hall–Kier alpha value is -2.27. The van der Waals surface area contributed by atoms with Gasteiger partial charge in [0.15, 0.2) is 0 Å². The highest BCUT2D eigenvalue weighted by Gasteiger charge is 2.18. The van der Waals surface area contributed by atoms with Gasteiger partial charge in [-0.1, -0.05) is 24.4 Å². The first-order valence-electron chi connectivity index (χ1n) is 8.94. The molecule has 0 spiro atoms. The summed E-state index contributed by atoms with van der Waals surface area (Å²) in [6.07, 6.45) is 7.85. The van der Waals surface area contributed by atoms with Crippen LogP contribution >= 0.6 is 11.6 Å². The second-order valence-corrected chi connectivity index (χ2v) is 7.00. The third-order valence-corrected chi connectivity index (χ3v) is 5.05. The van der Waals surface area contributed by atoms with Gasteiger partial charge in [-0.25, -0.2) is 0 Å². The molecule has 1 aliphatic rings. The summed E-state index contributed by atoms with van der Waals surface area (Å²) >= 11 is 6.16. The number of carbonyl (C=O) groups is 1. The lowest BCUT2D eigenvalue weighted by molar-refractivity contribution is 0.0761. The molecule has 2 heterocycles. The van der Waals surface area contributed by atoms with E-state index >= 15 is 0 Å². The molecule has 1 aliphatic heterocycles. The molecule has 138 valence electrons. The molecule has 1 fully saturated rings. The maximum Gasteiger partial charge on any atom is 0.255 e. The minimum absolute atomic E-state index is 0.0438. The van der Waals surface area contributed by atoms with Crippen molar-refractivity contribution >= 4 is 28.9 Å². The number of anilines is 2. The Kier molecular flexibility index (Phi) is 5.99. The predicted molar refractivity (Wildman–Crippen MR) is 105 cm³/mol. The van der Waals surface area contributed by atoms with Gasteiger partial charge in [0.1, 0.15) is 5.75 Å². The Balaban J connectivity index is 1.81. The lowest BCUT2D eigenvalue weighted by Crippen LogP contribution is -2.31. The van der Waals surface area contributed by atoms with Crippen molar-refractivity contribution in [1.82, 2.24) is 9.88 Å². The lowest BCUT2D eigenvalue weighted by Gasteiger charge is -2.20. The first-order chi connectivity index (χ1) is 12.6. The Bertz CT molecular complexity index is 787. The van der Waals surface area contributed by atoms with Crippen LogP contribution in [0.4, 0.5) is 11.4 Å². The number of nitrogens with zero attached hydrogens (tertiary/aromatic N) is 2. The standard InChI is InChI=1S/C20H24ClN3O2/c1-14-9-18(19(26-2)11-17(14)21)23-16-10-15(12-22-13-16)20(25)24-7-5-3-4-6-8-24/h9-13,23H,3-8H2,1-2H3. The van der Waals surface area contributed by atoms with Crippen LogP contribution in [0.2, 0.25) is 5.02 Å². The molecule has 1 aromatic heterocycles. The van der Waals surface area contributed by atoms with Crippen LogP contribution in [-0.4, -0.2) is 36.0 Å². The largest absolute Gasteiger partial charge is 0.495 e. The fourth-order valence-corrected chi connectivity index (χ4v) is 3.32. The first kappa shape index (κ1) is 18.5. The van der Waals surface area contributed by atoms with Crippen molar-refractivity contribution in [3.8, 4) is 5.75 Å². The number of benzene rings is 1. The second-order valence-electron chi connectivity index (χ2n) is 6.60. The molecule has 0 radical (unpaired) electrons. The van der Waals surface area contributed by atoms with E-state index in [4.69, 9.17) is 16.3 Å². The van der Waals surface area contributed by atoms with E-state index in [1.54, 1.807) is 25.6 Å². The minimum Gasteiger partial charge on any atom is -0.495 e. The quantitative estimate of drug-likeness (QED) is 0.835. The third kappa shape index (κ3) is 4.28. The fourth-order valence-electron chi connectivity index (χ4n) is 3.17. The van der Waals surface area contributed by atoms with Gasteiger partial charge in [-0.2, -0.15) is 0 Å². The summed E-state index contributed by atoms with van der Waals surface area (Å²) in [6.45, 7) is 3.58. The molecule has 2 aromatic rings. The predicted octanol–water partition coefficient (Wildman–Crippen LogP) is 4.81. The molecule has 0 unspecified atom stereocenters. The summed E-state index contributed by atoms with van der Waals surface area (Å²) in [7, 11) is 1.60. The van der Waals surface area contributed by atoms with E-state index in [0.717, 1.165) is 42.9 Å². The summed E-state index contributed by atoms with van der Waals surface area (Å²) in [5.41, 5.74) is 3.07. The van der Waals surface area contributed by atoms with Gasteiger partial charge in [0.2, 0.25) is 0 Å². The van der Waals surface area contributed by atoms with Crippen molar-refractivity contribution in [3.63, 3.8) is 0 Å². The van der Waals surface area contributed by atoms with Gasteiger partial charge < -0.3 is 15.0 Å². The zero-order valence-electron chi connectivity index (χ0n) is 15.2. The van der Waals surface area contributed by atoms with E-state index in [2.05, 4.69) is 10.3 Å². The number of rotatable bonds is 4. The molecule has 0 atom stereocenters. The number of amides is 1. The molecule has 6 heteroatoms. The monoisotopic (exact) mass is 373 g/mol. The first-order valence-corrected chi connectivity index (χ1v) is 9.32. The van der Waals surface area contributed by atoms with Crippen LogP contribution in [0.25, 0.3) is 0 Å². The normalized spacial score (nSPS) is 14.7. The summed E-state index contributed by atoms with van der Waals surface area (Å²) in [6, 6.07) is 5.53. The second kappa shape index (κ2) is 8.41. The van der Waals surface area contributed by atoms with Crippen LogP contribution in [0.1, 0.15) is 41.6 Å². The van der Waals surface area contributed by atoms with E-state index in [1.807, 2.05) is 24.0 Å². The molecule has 1 N–H and O–H groups in total. The summed E-state index contributed by atoms with van der Waals surface area (Å²) in [5, 5.41) is 3.93. The van der Waals surface area contributed by atoms with Crippen molar-refractivity contribution in [2.24, 2.45) is 0 Å². The van der Waals surface area contributed by atoms with E-state index < -0.39 is 0 Å². The van der Waals surface area contributed by atoms with E-state index in [0.29, 0.717) is 16.3 Å². The molecule has 1 aromatic carbocycles. The van der Waals surface area contributed by atoms with Crippen molar-refractivity contribution in [1.29, 1.82) is 0 Å². The van der Waals surface area contributed by atoms with Crippen LogP contribution in [-0.2, 0) is 0 Å². The number of nitrogens with one attached hydrogen (secondary N) is 1. The number of pyridine rings is 1. The zero-order valence-corrected chi connectivity index (χ0v) is 16.0. The minimum atomic E-state index is 0.0438. The smallest absolute Gasteiger partial charge is 0.255 e. The number of ether oxygens (including phenoxy) is 1. The van der Waals surface area contributed by atoms with Crippen LogP contribution in [0.3, 0.4) is 0 Å². The molecule has 5 nitrogen and oxygen atoms in total. The van der Waals surface area contributed by atoms with Gasteiger partial charge in [-0.3, -0.25) is 9.78 Å². The van der Waals surface area contributed by atoms with E-state index in [9.17, 15) is 4.79 Å². The number of methoxy groups -OCH3 is 1. The molecule has 3 rings (SSSR count). The number of hydrogen-bond acceptors (Lipinski definition) is 4. The Morgan fingerprint density at radius 2 is 1.88 bits per heavy atom. The lowest BCUT2D eigenvalue weighted by atomic mass is 10.2. The number of halogens is 1. The SMILES string of the molecule is COc1cc(Cl)c(C)cc1Nc1cncc(C(=O)N2CCCCCC2)c1. The van der Waals surface area contributed by atoms with Crippen LogP contribution < -0.4 is 10.1 Å². The molecular weight excluding hydrogens is 350 g/mol. The Labute approximate surface area is 159 Å². The molecule has 0 saturated carbocycles. The average molecular weight is 374 g/mol. The maximum atomic E-state index is 12.8. The van der Waals surface area contributed by atoms with Gasteiger partial charge in [-0.05, 0) is 37.5 Å². The van der Waals surface area contributed by atoms with Crippen molar-refractivity contribution < 1.29 is 9.53 Å². The zero-order chi connectivity index (χ0) is 18.5. The topological polar surface area (TPSA) is 54.5 Å². The molecule has 26 heavy (non-hydrogen) atoms. The maximum absolute atomic E-state index is 12.8. The number of hydrogen-bond donors (Lipinski definition) is 1. The molecule has 1 saturated heterocycles. The Morgan fingerprint density at radius 3 is 2.58 bits per heavy atom. The fraction of sp³-hybridized carbons (Fsp3) is 0.400. The highest BCUT2D eigenvalue weighted by atomic mass is 35.5. The van der Waals surface area contributed by atoms with Gasteiger partial charge in [0, 0.05) is 30.4 Å². The summed E-state index contributed by atoms with van der Waals surface area (Å²) in [5.74, 6) is 0.687. The number of aryl methyl sites for hydroxylation is 1. The summed E-state index contributed by atoms with van der Waals surface area (Å²) < 4.78 is 5.40. The third-order valence-electron chi connectivity index (χ3n) is 4.64. The average Bonchev–Trinajstić information content (AvgIpc) is 2.93. The van der Waals surface area contributed by atoms with E-state index in [-0.39, 0.29) is 5.91 Å². The van der Waals surface area contributed by atoms with Crippen molar-refractivity contribution in [2.45, 2.75) is 32.6 Å². The van der Waals surface area contributed by atoms with Crippen LogP contribution in [0.5, 0.6) is 5.75 Å². The van der Waals surface area contributed by atoms with Crippen LogP contribution in [0.15, 0.2) is 30.6 Å². The number of carbonyl (C=O) groups excluding carboxylic acids is 1. The van der Waals surface area contributed by atoms with E-state index in [1.165, 1.54) is 12.8 Å². The molecule has 0 aliphatic carbocycles. The van der Waals surface area contributed by atoms with Crippen LogP contribution in [0, 0.1) is 6.92 Å². The number of likely N-dealkylation sites (tertiary alicyclic amines) is 1. The Morgan fingerprint density at radius 1 is 1.15 bits per heavy atom. The van der Waals surface area contributed by atoms with Crippen molar-refractivity contribution in [2.75, 3.05) is 25.5 Å². The van der Waals surface area contributed by atoms with Gasteiger partial charge in [-0.15, -0.1) is 0 Å². The van der Waals surface area contributed by atoms with Gasteiger partial charge in [0.25, 0.3) is 5.91 Å². The summed E-state index contributed by atoms with van der Waals surface area (Å²) in [4.78, 5) is 19.0. The van der Waals surface area contributed by atoms with Crippen molar-refractivity contribution in [3.05, 3.63) is 46.7 Å².